The third-order valence-corrected chi connectivity index (χ3v) is 7.70. The number of nitrogens with zero attached hydrogens (tertiary/aromatic N) is 1. The molecule has 1 aromatic carbocycles. The number of rotatable bonds is 2. The maximum atomic E-state index is 12.4. The molecule has 1 aliphatic rings. The van der Waals surface area contributed by atoms with Crippen LogP contribution in [0.2, 0.25) is 0 Å². The largest absolute Gasteiger partial charge is 0.368 e. The number of imide groups is 1. The van der Waals surface area contributed by atoms with E-state index in [-0.39, 0.29) is 11.1 Å². The summed E-state index contributed by atoms with van der Waals surface area (Å²) in [5.41, 5.74) is 5.58. The van der Waals surface area contributed by atoms with Gasteiger partial charge in [-0.2, -0.15) is 0 Å². The Kier molecular flexibility index (Phi) is 4.44. The number of hydrogen-bond acceptors (Lipinski definition) is 3. The van der Waals surface area contributed by atoms with Gasteiger partial charge in [-0.15, -0.1) is 0 Å². The van der Waals surface area contributed by atoms with E-state index in [4.69, 9.17) is 5.73 Å². The number of carbonyl (C=O) groups excluding carboxylic acids is 3. The van der Waals surface area contributed by atoms with Gasteiger partial charge in [-0.05, 0) is 70.6 Å². The molecular weight excluding hydrogens is 528 g/mol. The van der Waals surface area contributed by atoms with Crippen LogP contribution < -0.4 is 5.73 Å². The van der Waals surface area contributed by atoms with Crippen LogP contribution >= 0.6 is 63.7 Å². The molecule has 0 bridgehead atoms. The number of halogens is 4. The van der Waals surface area contributed by atoms with Crippen LogP contribution in [0, 0.1) is 0 Å². The average Bonchev–Trinajstić information content (AvgIpc) is 2.64. The first-order chi connectivity index (χ1) is 9.20. The summed E-state index contributed by atoms with van der Waals surface area (Å²) in [4.78, 5) is 36.9. The van der Waals surface area contributed by atoms with Crippen molar-refractivity contribution in [3.8, 4) is 0 Å². The number of fused-ring (bicyclic) bond motifs is 1. The monoisotopic (exact) mass is 530 g/mol. The molecule has 9 heteroatoms. The van der Waals surface area contributed by atoms with Crippen LogP contribution in [-0.4, -0.2) is 28.7 Å². The Hall–Kier alpha value is -0.250. The van der Waals surface area contributed by atoms with Gasteiger partial charge in [0.05, 0.1) is 11.1 Å². The smallest absolute Gasteiger partial charge is 0.263 e. The van der Waals surface area contributed by atoms with Crippen LogP contribution in [0.4, 0.5) is 0 Å². The Morgan fingerprint density at radius 3 is 1.60 bits per heavy atom. The van der Waals surface area contributed by atoms with E-state index in [2.05, 4.69) is 63.7 Å². The van der Waals surface area contributed by atoms with Crippen molar-refractivity contribution in [1.82, 2.24) is 4.90 Å². The maximum Gasteiger partial charge on any atom is 0.263 e. The number of hydrogen-bond donors (Lipinski definition) is 1. The molecule has 1 aliphatic heterocycles. The van der Waals surface area contributed by atoms with Gasteiger partial charge in [-0.3, -0.25) is 19.3 Å². The quantitative estimate of drug-likeness (QED) is 0.360. The van der Waals surface area contributed by atoms with Gasteiger partial charge < -0.3 is 5.73 Å². The topological polar surface area (TPSA) is 80.5 Å². The van der Waals surface area contributed by atoms with Crippen LogP contribution in [0.25, 0.3) is 0 Å². The lowest BCUT2D eigenvalue weighted by molar-refractivity contribution is -0.121. The molecular formula is C11H6Br4N2O3. The van der Waals surface area contributed by atoms with Gasteiger partial charge in [0.2, 0.25) is 5.91 Å². The first-order valence-electron chi connectivity index (χ1n) is 5.23. The lowest BCUT2D eigenvalue weighted by Gasteiger charge is -2.19. The second-order valence-corrected chi connectivity index (χ2v) is 7.24. The molecule has 0 saturated carbocycles. The van der Waals surface area contributed by atoms with E-state index >= 15 is 0 Å². The summed E-state index contributed by atoms with van der Waals surface area (Å²) in [7, 11) is 0. The standard InChI is InChI=1S/C11H6Br4N2O3/c1-2(9(16)18)17-10(19)3-4(11(17)20)6(13)8(15)7(14)5(3)12/h2H,1H3,(H2,16,18). The molecule has 0 aliphatic carbocycles. The molecule has 3 amide bonds. The van der Waals surface area contributed by atoms with Crippen molar-refractivity contribution in [1.29, 1.82) is 0 Å². The van der Waals surface area contributed by atoms with E-state index in [1.165, 1.54) is 6.92 Å². The second-order valence-electron chi connectivity index (χ2n) is 4.06. The van der Waals surface area contributed by atoms with Crippen molar-refractivity contribution >= 4 is 81.4 Å². The fourth-order valence-electron chi connectivity index (χ4n) is 1.85. The lowest BCUT2D eigenvalue weighted by atomic mass is 10.1. The predicted octanol–water partition coefficient (Wildman–Crippen LogP) is 3.21. The molecule has 106 valence electrons. The molecule has 0 aromatic heterocycles. The number of amides is 3. The Balaban J connectivity index is 2.73. The molecule has 1 atom stereocenters. The van der Waals surface area contributed by atoms with Gasteiger partial charge in [0, 0.05) is 17.9 Å². The number of nitrogens with two attached hydrogens (primary N) is 1. The molecule has 5 nitrogen and oxygen atoms in total. The zero-order valence-electron chi connectivity index (χ0n) is 9.84. The molecule has 0 fully saturated rings. The summed E-state index contributed by atoms with van der Waals surface area (Å²) in [6.07, 6.45) is 0. The molecule has 2 rings (SSSR count). The highest BCUT2D eigenvalue weighted by atomic mass is 79.9. The van der Waals surface area contributed by atoms with Gasteiger partial charge in [-0.25, -0.2) is 0 Å². The minimum Gasteiger partial charge on any atom is -0.368 e. The Morgan fingerprint density at radius 1 is 0.950 bits per heavy atom. The van der Waals surface area contributed by atoms with E-state index in [1.54, 1.807) is 0 Å². The van der Waals surface area contributed by atoms with Crippen LogP contribution in [0.1, 0.15) is 27.6 Å². The minimum atomic E-state index is -1.02. The molecule has 20 heavy (non-hydrogen) atoms. The normalized spacial score (nSPS) is 15.6. The highest BCUT2D eigenvalue weighted by molar-refractivity contribution is 9.15. The number of primary amides is 1. The summed E-state index contributed by atoms with van der Waals surface area (Å²) in [6, 6.07) is -1.02. The molecule has 1 heterocycles. The Bertz CT molecular complexity index is 627. The number of benzene rings is 1. The third kappa shape index (κ3) is 2.18. The first kappa shape index (κ1) is 16.1. The van der Waals surface area contributed by atoms with Crippen LogP contribution in [0.3, 0.4) is 0 Å². The van der Waals surface area contributed by atoms with Crippen molar-refractivity contribution < 1.29 is 14.4 Å². The van der Waals surface area contributed by atoms with E-state index in [0.717, 1.165) is 4.90 Å². The van der Waals surface area contributed by atoms with Crippen molar-refractivity contribution in [2.45, 2.75) is 13.0 Å². The summed E-state index contributed by atoms with van der Waals surface area (Å²) in [6.45, 7) is 1.41. The van der Waals surface area contributed by atoms with Crippen molar-refractivity contribution in [3.63, 3.8) is 0 Å². The van der Waals surface area contributed by atoms with Crippen LogP contribution in [0.5, 0.6) is 0 Å². The van der Waals surface area contributed by atoms with Gasteiger partial charge >= 0.3 is 0 Å². The van der Waals surface area contributed by atoms with E-state index in [0.29, 0.717) is 17.9 Å². The fraction of sp³-hybridized carbons (Fsp3) is 0.182. The van der Waals surface area contributed by atoms with E-state index in [9.17, 15) is 14.4 Å². The zero-order chi connectivity index (χ0) is 15.4. The SMILES string of the molecule is CC(C(N)=O)N1C(=O)c2c(Br)c(Br)c(Br)c(Br)c2C1=O. The summed E-state index contributed by atoms with van der Waals surface area (Å²) in [5.74, 6) is -1.86. The van der Waals surface area contributed by atoms with Gasteiger partial charge in [-0.1, -0.05) is 0 Å². The Morgan fingerprint density at radius 2 is 1.30 bits per heavy atom. The molecule has 1 unspecified atom stereocenters. The highest BCUT2D eigenvalue weighted by Gasteiger charge is 2.44. The molecule has 0 saturated heterocycles. The van der Waals surface area contributed by atoms with Crippen LogP contribution in [-0.2, 0) is 4.79 Å². The fourth-order valence-corrected chi connectivity index (χ4v) is 4.30. The molecule has 0 radical (unpaired) electrons. The Labute approximate surface area is 147 Å². The predicted molar refractivity (Wildman–Crippen MR) is 86.4 cm³/mol. The number of carbonyl (C=O) groups is 3. The van der Waals surface area contributed by atoms with Crippen molar-refractivity contribution in [2.75, 3.05) is 0 Å². The highest BCUT2D eigenvalue weighted by Crippen LogP contribution is 2.45. The maximum absolute atomic E-state index is 12.4. The zero-order valence-corrected chi connectivity index (χ0v) is 16.2. The molecule has 2 N–H and O–H groups in total. The average molecular weight is 534 g/mol. The van der Waals surface area contributed by atoms with Crippen molar-refractivity contribution in [2.24, 2.45) is 5.73 Å². The molecule has 0 spiro atoms. The molecule has 1 aromatic rings. The third-order valence-electron chi connectivity index (χ3n) is 2.93. The van der Waals surface area contributed by atoms with Crippen molar-refractivity contribution in [3.05, 3.63) is 29.0 Å². The second kappa shape index (κ2) is 5.51. The summed E-state index contributed by atoms with van der Waals surface area (Å²) < 4.78 is 2.08. The van der Waals surface area contributed by atoms with E-state index < -0.39 is 23.8 Å². The van der Waals surface area contributed by atoms with Gasteiger partial charge in [0.1, 0.15) is 6.04 Å². The van der Waals surface area contributed by atoms with Gasteiger partial charge in [0.25, 0.3) is 11.8 Å². The van der Waals surface area contributed by atoms with Gasteiger partial charge in [0.15, 0.2) is 0 Å². The summed E-state index contributed by atoms with van der Waals surface area (Å²) in [5, 5.41) is 0. The van der Waals surface area contributed by atoms with Crippen LogP contribution in [0.15, 0.2) is 17.9 Å². The first-order valence-corrected chi connectivity index (χ1v) is 8.40. The van der Waals surface area contributed by atoms with E-state index in [1.807, 2.05) is 0 Å². The lowest BCUT2D eigenvalue weighted by Crippen LogP contribution is -2.45. The minimum absolute atomic E-state index is 0.199. The summed E-state index contributed by atoms with van der Waals surface area (Å²) >= 11 is 13.2.